The van der Waals surface area contributed by atoms with Crippen LogP contribution in [0.25, 0.3) is 0 Å². The van der Waals surface area contributed by atoms with Crippen LogP contribution in [0.1, 0.15) is 76.8 Å². The smallest absolute Gasteiger partial charge is 0.231 e. The number of ether oxygens (including phenoxy) is 4. The molecule has 0 saturated carbocycles. The fourth-order valence-corrected chi connectivity index (χ4v) is 4.29. The summed E-state index contributed by atoms with van der Waals surface area (Å²) in [5.41, 5.74) is 1.29. The quantitative estimate of drug-likeness (QED) is 0.296. The number of Topliss-reactive ketones (excluding diaryl/α,β-unsaturated/α-hetero) is 1. The molecule has 3 rings (SSSR count). The van der Waals surface area contributed by atoms with Crippen LogP contribution >= 0.6 is 0 Å². The van der Waals surface area contributed by atoms with Crippen LogP contribution in [0.3, 0.4) is 0 Å². The highest BCUT2D eigenvalue weighted by Gasteiger charge is 2.33. The van der Waals surface area contributed by atoms with Crippen LogP contribution in [0.15, 0.2) is 36.4 Å². The Morgan fingerprint density at radius 2 is 1.60 bits per heavy atom. The topological polar surface area (TPSA) is 74.3 Å². The van der Waals surface area contributed by atoms with Gasteiger partial charge in [0, 0.05) is 24.6 Å². The Labute approximate surface area is 208 Å². The number of fused-ring (bicyclic) bond motifs is 1. The molecule has 0 fully saturated rings. The van der Waals surface area contributed by atoms with E-state index in [1.54, 1.807) is 43.4 Å². The van der Waals surface area contributed by atoms with Crippen molar-refractivity contribution in [3.63, 3.8) is 0 Å². The first kappa shape index (κ1) is 26.4. The minimum absolute atomic E-state index is 0.000369. The van der Waals surface area contributed by atoms with Crippen LogP contribution < -0.4 is 23.8 Å². The van der Waals surface area contributed by atoms with Crippen molar-refractivity contribution < 1.29 is 28.5 Å². The van der Waals surface area contributed by atoms with E-state index in [0.717, 1.165) is 38.5 Å². The van der Waals surface area contributed by atoms with Crippen molar-refractivity contribution in [1.29, 1.82) is 0 Å². The van der Waals surface area contributed by atoms with Crippen LogP contribution in [0.4, 0.5) is 5.69 Å². The number of hydrogen-bond donors (Lipinski definition) is 0. The van der Waals surface area contributed by atoms with E-state index >= 15 is 0 Å². The van der Waals surface area contributed by atoms with Gasteiger partial charge in [-0.25, -0.2) is 0 Å². The molecule has 2 aromatic rings. The number of amides is 1. The van der Waals surface area contributed by atoms with Gasteiger partial charge in [-0.1, -0.05) is 45.6 Å². The molecule has 0 bridgehead atoms. The van der Waals surface area contributed by atoms with E-state index in [4.69, 9.17) is 18.9 Å². The molecule has 7 nitrogen and oxygen atoms in total. The molecule has 0 N–H and O–H groups in total. The zero-order chi connectivity index (χ0) is 25.2. The predicted octanol–water partition coefficient (Wildman–Crippen LogP) is 6.24. The minimum Gasteiger partial charge on any atom is -0.493 e. The lowest BCUT2D eigenvalue weighted by Crippen LogP contribution is -2.39. The standard InChI is InChI=1S/C28H37NO6/c1-5-7-9-10-11-22(30)28(20-13-15-24-26(17-20)35-19-34-24)29(27(31)12-8-6-2)21-14-16-23(32-3)25(18-21)33-4/h13-18,28H,5-12,19H2,1-4H3. The molecule has 7 heteroatoms. The van der Waals surface area contributed by atoms with Crippen molar-refractivity contribution >= 4 is 17.4 Å². The van der Waals surface area contributed by atoms with Crippen molar-refractivity contribution in [2.24, 2.45) is 0 Å². The molecule has 1 aliphatic heterocycles. The molecule has 0 spiro atoms. The van der Waals surface area contributed by atoms with Crippen LogP contribution in [0.2, 0.25) is 0 Å². The summed E-state index contributed by atoms with van der Waals surface area (Å²) in [4.78, 5) is 29.0. The summed E-state index contributed by atoms with van der Waals surface area (Å²) >= 11 is 0. The van der Waals surface area contributed by atoms with E-state index in [9.17, 15) is 9.59 Å². The monoisotopic (exact) mass is 483 g/mol. The summed E-state index contributed by atoms with van der Waals surface area (Å²) in [7, 11) is 3.12. The average Bonchev–Trinajstić information content (AvgIpc) is 3.35. The van der Waals surface area contributed by atoms with Gasteiger partial charge in [-0.05, 0) is 42.7 Å². The summed E-state index contributed by atoms with van der Waals surface area (Å²) in [5.74, 6) is 2.17. The number of methoxy groups -OCH3 is 2. The number of ketones is 1. The number of anilines is 1. The lowest BCUT2D eigenvalue weighted by molar-refractivity contribution is -0.125. The maximum absolute atomic E-state index is 13.8. The van der Waals surface area contributed by atoms with Gasteiger partial charge in [-0.2, -0.15) is 0 Å². The Kier molecular flexibility index (Phi) is 9.82. The summed E-state index contributed by atoms with van der Waals surface area (Å²) in [6.45, 7) is 4.33. The highest BCUT2D eigenvalue weighted by atomic mass is 16.7. The van der Waals surface area contributed by atoms with Crippen molar-refractivity contribution in [3.8, 4) is 23.0 Å². The maximum atomic E-state index is 13.8. The van der Waals surface area contributed by atoms with Gasteiger partial charge in [0.15, 0.2) is 28.8 Å². The number of benzene rings is 2. The highest BCUT2D eigenvalue weighted by Crippen LogP contribution is 2.40. The Balaban J connectivity index is 2.07. The van der Waals surface area contributed by atoms with Crippen molar-refractivity contribution in [2.45, 2.75) is 71.3 Å². The molecule has 1 unspecified atom stereocenters. The Hall–Kier alpha value is -3.22. The Morgan fingerprint density at radius 1 is 0.857 bits per heavy atom. The molecule has 0 saturated heterocycles. The first-order chi connectivity index (χ1) is 17.0. The summed E-state index contributed by atoms with van der Waals surface area (Å²) in [5, 5.41) is 0. The average molecular weight is 484 g/mol. The number of carbonyl (C=O) groups is 2. The van der Waals surface area contributed by atoms with Crippen molar-refractivity contribution in [1.82, 2.24) is 0 Å². The normalized spacial score (nSPS) is 12.8. The predicted molar refractivity (Wildman–Crippen MR) is 136 cm³/mol. The van der Waals surface area contributed by atoms with Crippen LogP contribution in [-0.4, -0.2) is 32.7 Å². The molecular weight excluding hydrogens is 446 g/mol. The number of carbonyl (C=O) groups excluding carboxylic acids is 2. The third kappa shape index (κ3) is 6.47. The number of nitrogens with zero attached hydrogens (tertiary/aromatic N) is 1. The molecule has 1 amide bonds. The van der Waals surface area contributed by atoms with E-state index in [1.807, 2.05) is 19.1 Å². The largest absolute Gasteiger partial charge is 0.493 e. The number of unbranched alkanes of at least 4 members (excludes halogenated alkanes) is 4. The molecule has 0 radical (unpaired) electrons. The zero-order valence-corrected chi connectivity index (χ0v) is 21.3. The Morgan fingerprint density at radius 3 is 2.31 bits per heavy atom. The fourth-order valence-electron chi connectivity index (χ4n) is 4.29. The lowest BCUT2D eigenvalue weighted by Gasteiger charge is -2.32. The SMILES string of the molecule is CCCCCCC(=O)C(c1ccc2c(c1)OCO2)N(C(=O)CCCC)c1ccc(OC)c(OC)c1. The summed E-state index contributed by atoms with van der Waals surface area (Å²) in [6, 6.07) is 10.0. The van der Waals surface area contributed by atoms with Gasteiger partial charge in [0.1, 0.15) is 6.04 Å². The van der Waals surface area contributed by atoms with E-state index in [2.05, 4.69) is 6.92 Å². The van der Waals surface area contributed by atoms with Gasteiger partial charge < -0.3 is 18.9 Å². The van der Waals surface area contributed by atoms with E-state index in [-0.39, 0.29) is 18.5 Å². The number of rotatable bonds is 14. The second kappa shape index (κ2) is 13.0. The zero-order valence-electron chi connectivity index (χ0n) is 21.3. The van der Waals surface area contributed by atoms with Crippen LogP contribution in [0.5, 0.6) is 23.0 Å². The second-order valence-electron chi connectivity index (χ2n) is 8.70. The molecule has 2 aromatic carbocycles. The van der Waals surface area contributed by atoms with Gasteiger partial charge in [0.2, 0.25) is 12.7 Å². The molecule has 1 atom stereocenters. The third-order valence-corrected chi connectivity index (χ3v) is 6.21. The first-order valence-electron chi connectivity index (χ1n) is 12.5. The molecule has 0 aromatic heterocycles. The van der Waals surface area contributed by atoms with E-state index < -0.39 is 6.04 Å². The highest BCUT2D eigenvalue weighted by molar-refractivity contribution is 6.02. The van der Waals surface area contributed by atoms with Gasteiger partial charge in [0.05, 0.1) is 14.2 Å². The summed E-state index contributed by atoms with van der Waals surface area (Å²) in [6.07, 6.45) is 6.29. The molecule has 35 heavy (non-hydrogen) atoms. The third-order valence-electron chi connectivity index (χ3n) is 6.21. The number of hydrogen-bond acceptors (Lipinski definition) is 6. The van der Waals surface area contributed by atoms with Gasteiger partial charge >= 0.3 is 0 Å². The van der Waals surface area contributed by atoms with Crippen molar-refractivity contribution in [3.05, 3.63) is 42.0 Å². The first-order valence-corrected chi connectivity index (χ1v) is 12.5. The van der Waals surface area contributed by atoms with Crippen LogP contribution in [0, 0.1) is 0 Å². The van der Waals surface area contributed by atoms with Gasteiger partial charge in [-0.3, -0.25) is 14.5 Å². The van der Waals surface area contributed by atoms with Gasteiger partial charge in [0.25, 0.3) is 0 Å². The lowest BCUT2D eigenvalue weighted by atomic mass is 9.95. The minimum atomic E-state index is -0.784. The Bertz CT molecular complexity index is 1000. The molecule has 1 aliphatic rings. The second-order valence-corrected chi connectivity index (χ2v) is 8.70. The van der Waals surface area contributed by atoms with E-state index in [1.165, 1.54) is 0 Å². The van der Waals surface area contributed by atoms with Crippen LogP contribution in [-0.2, 0) is 9.59 Å². The van der Waals surface area contributed by atoms with Crippen molar-refractivity contribution in [2.75, 3.05) is 25.9 Å². The molecular formula is C28H37NO6. The maximum Gasteiger partial charge on any atom is 0.231 e. The fraction of sp³-hybridized carbons (Fsp3) is 0.500. The van der Waals surface area contributed by atoms with E-state index in [0.29, 0.717) is 47.1 Å². The van der Waals surface area contributed by atoms with Gasteiger partial charge in [-0.15, -0.1) is 0 Å². The molecule has 1 heterocycles. The molecule has 190 valence electrons. The summed E-state index contributed by atoms with van der Waals surface area (Å²) < 4.78 is 21.9. The molecule has 0 aliphatic carbocycles.